The van der Waals surface area contributed by atoms with Crippen LogP contribution < -0.4 is 10.9 Å². The first-order valence-corrected chi connectivity index (χ1v) is 11.5. The van der Waals surface area contributed by atoms with Crippen molar-refractivity contribution < 1.29 is 14.3 Å². The number of nitrogens with one attached hydrogen (secondary N) is 1. The van der Waals surface area contributed by atoms with Crippen LogP contribution in [0.5, 0.6) is 0 Å². The van der Waals surface area contributed by atoms with Crippen LogP contribution in [0.4, 0.5) is 5.69 Å². The highest BCUT2D eigenvalue weighted by Crippen LogP contribution is 2.18. The van der Waals surface area contributed by atoms with Gasteiger partial charge in [-0.05, 0) is 55.3 Å². The van der Waals surface area contributed by atoms with Gasteiger partial charge in [0.25, 0.3) is 11.5 Å². The van der Waals surface area contributed by atoms with E-state index >= 15 is 0 Å². The summed E-state index contributed by atoms with van der Waals surface area (Å²) in [6.45, 7) is 4.27. The van der Waals surface area contributed by atoms with Gasteiger partial charge in [0.2, 0.25) is 11.5 Å². The second kappa shape index (κ2) is 9.46. The molecule has 0 aliphatic heterocycles. The van der Waals surface area contributed by atoms with E-state index < -0.39 is 11.9 Å². The summed E-state index contributed by atoms with van der Waals surface area (Å²) in [5.74, 6) is -1.25. The van der Waals surface area contributed by atoms with Crippen molar-refractivity contribution in [2.75, 3.05) is 11.9 Å². The van der Waals surface area contributed by atoms with E-state index in [1.165, 1.54) is 10.6 Å². The Bertz CT molecular complexity index is 1670. The zero-order valence-corrected chi connectivity index (χ0v) is 19.8. The minimum Gasteiger partial charge on any atom is -0.462 e. The van der Waals surface area contributed by atoms with E-state index in [9.17, 15) is 14.4 Å². The summed E-state index contributed by atoms with van der Waals surface area (Å²) in [7, 11) is 0. The monoisotopic (exact) mass is 481 g/mol. The van der Waals surface area contributed by atoms with Gasteiger partial charge >= 0.3 is 5.97 Å². The maximum atomic E-state index is 13.5. The lowest BCUT2D eigenvalue weighted by atomic mass is 10.2. The van der Waals surface area contributed by atoms with Gasteiger partial charge in [-0.15, -0.1) is 5.10 Å². The third-order valence-electron chi connectivity index (χ3n) is 5.71. The molecule has 0 radical (unpaired) electrons. The quantitative estimate of drug-likeness (QED) is 0.370. The molecule has 0 spiro atoms. The predicted octanol–water partition coefficient (Wildman–Crippen LogP) is 3.83. The molecule has 9 heteroatoms. The van der Waals surface area contributed by atoms with Crippen molar-refractivity contribution in [1.82, 2.24) is 19.2 Å². The van der Waals surface area contributed by atoms with Crippen LogP contribution in [-0.2, 0) is 11.3 Å². The number of esters is 1. The molecule has 0 aliphatic carbocycles. The Kier molecular flexibility index (Phi) is 6.03. The highest BCUT2D eigenvalue weighted by molar-refractivity contribution is 6.02. The van der Waals surface area contributed by atoms with Crippen LogP contribution in [0.1, 0.15) is 39.0 Å². The molecule has 0 atom stereocenters. The Morgan fingerprint density at radius 3 is 2.56 bits per heavy atom. The Morgan fingerprint density at radius 2 is 1.78 bits per heavy atom. The molecule has 0 unspecified atom stereocenters. The Hall–Kier alpha value is -4.79. The first-order valence-electron chi connectivity index (χ1n) is 11.5. The van der Waals surface area contributed by atoms with Gasteiger partial charge in [0.05, 0.1) is 29.7 Å². The molecule has 3 aromatic carbocycles. The molecular weight excluding hydrogens is 458 g/mol. The molecule has 2 heterocycles. The van der Waals surface area contributed by atoms with Crippen molar-refractivity contribution in [2.24, 2.45) is 0 Å². The van der Waals surface area contributed by atoms with Gasteiger partial charge in [0.15, 0.2) is 0 Å². The molecule has 5 aromatic rings. The molecule has 1 N–H and O–H groups in total. The number of amides is 1. The lowest BCUT2D eigenvalue weighted by Crippen LogP contribution is -2.24. The number of aryl methyl sites for hydroxylation is 1. The average molecular weight is 482 g/mol. The van der Waals surface area contributed by atoms with Gasteiger partial charge in [-0.1, -0.05) is 42.5 Å². The molecule has 0 bridgehead atoms. The van der Waals surface area contributed by atoms with Crippen molar-refractivity contribution in [3.05, 3.63) is 106 Å². The molecule has 1 amide bonds. The second-order valence-electron chi connectivity index (χ2n) is 8.30. The van der Waals surface area contributed by atoms with Crippen LogP contribution in [0.3, 0.4) is 0 Å². The first kappa shape index (κ1) is 23.0. The number of fused-ring (bicyclic) bond motifs is 3. The zero-order valence-electron chi connectivity index (χ0n) is 19.8. The number of nitrogens with zero attached hydrogens (tertiary/aromatic N) is 4. The maximum Gasteiger partial charge on any atom is 0.338 e. The second-order valence-corrected chi connectivity index (χ2v) is 8.30. The normalized spacial score (nSPS) is 11.1. The largest absolute Gasteiger partial charge is 0.462 e. The maximum absolute atomic E-state index is 13.5. The summed E-state index contributed by atoms with van der Waals surface area (Å²) in [6.07, 6.45) is 0. The number of anilines is 1. The Balaban J connectivity index is 1.56. The van der Waals surface area contributed by atoms with E-state index in [0.29, 0.717) is 28.8 Å². The minimum atomic E-state index is -0.603. The fourth-order valence-electron chi connectivity index (χ4n) is 4.02. The van der Waals surface area contributed by atoms with Crippen molar-refractivity contribution in [1.29, 1.82) is 0 Å². The van der Waals surface area contributed by atoms with Crippen LogP contribution in [0.15, 0.2) is 77.6 Å². The molecule has 2 aromatic heterocycles. The van der Waals surface area contributed by atoms with Gasteiger partial charge in [-0.2, -0.15) is 4.98 Å². The summed E-state index contributed by atoms with van der Waals surface area (Å²) in [4.78, 5) is 42.8. The molecule has 0 fully saturated rings. The summed E-state index contributed by atoms with van der Waals surface area (Å²) in [6, 6.07) is 21.7. The molecular formula is C27H23N5O4. The summed E-state index contributed by atoms with van der Waals surface area (Å²) < 4.78 is 8.06. The van der Waals surface area contributed by atoms with Crippen LogP contribution in [0, 0.1) is 6.92 Å². The lowest BCUT2D eigenvalue weighted by Gasteiger charge is -2.12. The summed E-state index contributed by atoms with van der Waals surface area (Å²) in [5.41, 5.74) is 3.68. The van der Waals surface area contributed by atoms with Crippen molar-refractivity contribution in [3.8, 4) is 0 Å². The Labute approximate surface area is 206 Å². The predicted molar refractivity (Wildman–Crippen MR) is 135 cm³/mol. The number of ether oxygens (including phenoxy) is 1. The average Bonchev–Trinajstić information content (AvgIpc) is 3.33. The van der Waals surface area contributed by atoms with Crippen molar-refractivity contribution >= 4 is 34.2 Å². The van der Waals surface area contributed by atoms with E-state index in [-0.39, 0.29) is 23.6 Å². The molecule has 36 heavy (non-hydrogen) atoms. The SMILES string of the molecule is CCOC(=O)c1cccc(NC(=O)c2nc3c(=O)n(Cc4ccccc4)c4cc(C)ccc4n3n2)c1. The molecule has 0 saturated heterocycles. The number of hydrogen-bond acceptors (Lipinski definition) is 6. The lowest BCUT2D eigenvalue weighted by molar-refractivity contribution is 0.0526. The van der Waals surface area contributed by atoms with Gasteiger partial charge in [-0.3, -0.25) is 14.2 Å². The number of benzene rings is 3. The molecule has 0 saturated carbocycles. The van der Waals surface area contributed by atoms with E-state index in [2.05, 4.69) is 15.4 Å². The summed E-state index contributed by atoms with van der Waals surface area (Å²) >= 11 is 0. The van der Waals surface area contributed by atoms with Crippen LogP contribution in [0.2, 0.25) is 0 Å². The third-order valence-corrected chi connectivity index (χ3v) is 5.71. The highest BCUT2D eigenvalue weighted by Gasteiger charge is 2.20. The fourth-order valence-corrected chi connectivity index (χ4v) is 4.02. The van der Waals surface area contributed by atoms with Gasteiger partial charge in [-0.25, -0.2) is 9.31 Å². The molecule has 5 rings (SSSR count). The summed E-state index contributed by atoms with van der Waals surface area (Å²) in [5, 5.41) is 7.04. The van der Waals surface area contributed by atoms with E-state index in [0.717, 1.165) is 11.1 Å². The molecule has 9 nitrogen and oxygen atoms in total. The van der Waals surface area contributed by atoms with Crippen LogP contribution in [0.25, 0.3) is 16.7 Å². The minimum absolute atomic E-state index is 0.0488. The first-order chi connectivity index (χ1) is 17.4. The van der Waals surface area contributed by atoms with E-state index in [1.807, 2.05) is 55.5 Å². The Morgan fingerprint density at radius 1 is 0.972 bits per heavy atom. The fraction of sp³-hybridized carbons (Fsp3) is 0.148. The van der Waals surface area contributed by atoms with Gasteiger partial charge in [0, 0.05) is 5.69 Å². The number of aromatic nitrogens is 4. The molecule has 0 aliphatic rings. The highest BCUT2D eigenvalue weighted by atomic mass is 16.5. The van der Waals surface area contributed by atoms with Crippen LogP contribution in [-0.4, -0.2) is 37.6 Å². The van der Waals surface area contributed by atoms with Crippen molar-refractivity contribution in [2.45, 2.75) is 20.4 Å². The molecule has 180 valence electrons. The smallest absolute Gasteiger partial charge is 0.338 e. The van der Waals surface area contributed by atoms with E-state index in [4.69, 9.17) is 4.74 Å². The number of rotatable bonds is 6. The van der Waals surface area contributed by atoms with Crippen molar-refractivity contribution in [3.63, 3.8) is 0 Å². The number of carbonyl (C=O) groups is 2. The standard InChI is InChI=1S/C27H23N5O4/c1-3-36-27(35)19-10-7-11-20(15-19)28-25(33)23-29-24-26(34)31(16-18-8-5-4-6-9-18)22-14-17(2)12-13-21(22)32(24)30-23/h4-15H,3,16H2,1-2H3,(H,28,33). The number of hydrogen-bond donors (Lipinski definition) is 1. The number of carbonyl (C=O) groups excluding carboxylic acids is 2. The van der Waals surface area contributed by atoms with Crippen LogP contribution >= 0.6 is 0 Å². The van der Waals surface area contributed by atoms with Gasteiger partial charge < -0.3 is 10.1 Å². The van der Waals surface area contributed by atoms with E-state index in [1.54, 1.807) is 29.7 Å². The topological polar surface area (TPSA) is 108 Å². The van der Waals surface area contributed by atoms with Gasteiger partial charge in [0.1, 0.15) is 0 Å². The third kappa shape index (κ3) is 4.34. The zero-order chi connectivity index (χ0) is 25.2.